The molecule has 2 unspecified atom stereocenters. The van der Waals surface area contributed by atoms with Crippen LogP contribution >= 0.6 is 0 Å². The second kappa shape index (κ2) is 9.97. The zero-order valence-corrected chi connectivity index (χ0v) is 16.2. The Labute approximate surface area is 157 Å². The van der Waals surface area contributed by atoms with E-state index < -0.39 is 0 Å². The molecular weight excluding hydrogens is 324 g/mol. The van der Waals surface area contributed by atoms with Gasteiger partial charge in [-0.05, 0) is 43.8 Å². The Bertz CT molecular complexity index is 668. The molecule has 0 aliphatic rings. The first-order valence-electron chi connectivity index (χ1n) is 9.19. The molecule has 0 heterocycles. The Morgan fingerprint density at radius 1 is 1.04 bits per heavy atom. The third-order valence-electron chi connectivity index (χ3n) is 4.69. The number of amides is 1. The number of likely N-dealkylation sites (N-methyl/N-ethyl adjacent to an activating group) is 1. The maximum Gasteiger partial charge on any atom is 0.227 e. The normalized spacial score (nSPS) is 13.3. The van der Waals surface area contributed by atoms with Gasteiger partial charge in [0.1, 0.15) is 5.75 Å². The molecule has 26 heavy (non-hydrogen) atoms. The van der Waals surface area contributed by atoms with E-state index in [0.717, 1.165) is 29.7 Å². The molecule has 2 aromatic rings. The van der Waals surface area contributed by atoms with Gasteiger partial charge >= 0.3 is 0 Å². The standard InChI is InChI=1S/C22H30N2O2/c1-5-9-20(17-10-7-6-8-11-17)22(25)23-16-21(24(2)3)18-12-14-19(26-4)15-13-18/h6-8,10-15,20-21H,5,9,16H2,1-4H3,(H,23,25). The minimum atomic E-state index is -0.0973. The second-order valence-electron chi connectivity index (χ2n) is 6.75. The highest BCUT2D eigenvalue weighted by Crippen LogP contribution is 2.23. The minimum absolute atomic E-state index is 0.0958. The van der Waals surface area contributed by atoms with Crippen molar-refractivity contribution in [1.82, 2.24) is 10.2 Å². The van der Waals surface area contributed by atoms with E-state index in [1.165, 1.54) is 0 Å². The molecule has 2 aromatic carbocycles. The summed E-state index contributed by atoms with van der Waals surface area (Å²) in [5.74, 6) is 0.834. The largest absolute Gasteiger partial charge is 0.497 e. The lowest BCUT2D eigenvalue weighted by atomic mass is 9.93. The van der Waals surface area contributed by atoms with E-state index in [1.807, 2.05) is 56.6 Å². The number of carbonyl (C=O) groups is 1. The SMILES string of the molecule is CCCC(C(=O)NCC(c1ccc(OC)cc1)N(C)C)c1ccccc1. The molecule has 2 rings (SSSR count). The highest BCUT2D eigenvalue weighted by atomic mass is 16.5. The molecule has 0 aliphatic heterocycles. The number of carbonyl (C=O) groups excluding carboxylic acids is 1. The third kappa shape index (κ3) is 5.33. The van der Waals surface area contributed by atoms with E-state index in [4.69, 9.17) is 4.74 Å². The minimum Gasteiger partial charge on any atom is -0.497 e. The molecule has 4 nitrogen and oxygen atoms in total. The number of rotatable bonds is 9. The quantitative estimate of drug-likeness (QED) is 0.740. The van der Waals surface area contributed by atoms with Gasteiger partial charge in [-0.15, -0.1) is 0 Å². The predicted molar refractivity (Wildman–Crippen MR) is 107 cm³/mol. The maximum atomic E-state index is 12.8. The van der Waals surface area contributed by atoms with Crippen molar-refractivity contribution in [3.05, 3.63) is 65.7 Å². The van der Waals surface area contributed by atoms with Crippen LogP contribution in [0.3, 0.4) is 0 Å². The lowest BCUT2D eigenvalue weighted by molar-refractivity contribution is -0.123. The van der Waals surface area contributed by atoms with Gasteiger partial charge in [-0.25, -0.2) is 0 Å². The van der Waals surface area contributed by atoms with Gasteiger partial charge in [-0.1, -0.05) is 55.8 Å². The topological polar surface area (TPSA) is 41.6 Å². The lowest BCUT2D eigenvalue weighted by Gasteiger charge is -2.26. The first kappa shape index (κ1) is 20.0. The molecule has 0 saturated heterocycles. The Balaban J connectivity index is 2.07. The number of hydrogen-bond donors (Lipinski definition) is 1. The summed E-state index contributed by atoms with van der Waals surface area (Å²) in [7, 11) is 5.72. The number of methoxy groups -OCH3 is 1. The average molecular weight is 354 g/mol. The van der Waals surface area contributed by atoms with Crippen LogP contribution in [0.2, 0.25) is 0 Å². The average Bonchev–Trinajstić information content (AvgIpc) is 2.67. The smallest absolute Gasteiger partial charge is 0.227 e. The van der Waals surface area contributed by atoms with Gasteiger partial charge in [0, 0.05) is 6.54 Å². The predicted octanol–water partition coefficient (Wildman–Crippen LogP) is 4.00. The molecule has 0 aromatic heterocycles. The molecule has 140 valence electrons. The Morgan fingerprint density at radius 3 is 2.23 bits per heavy atom. The van der Waals surface area contributed by atoms with Crippen molar-refractivity contribution in [2.75, 3.05) is 27.7 Å². The van der Waals surface area contributed by atoms with Gasteiger partial charge in [-0.3, -0.25) is 4.79 Å². The number of ether oxygens (including phenoxy) is 1. The molecule has 0 aliphatic carbocycles. The van der Waals surface area contributed by atoms with E-state index in [2.05, 4.69) is 29.3 Å². The van der Waals surface area contributed by atoms with Crippen LogP contribution in [0.15, 0.2) is 54.6 Å². The summed E-state index contributed by atoms with van der Waals surface area (Å²) in [4.78, 5) is 15.0. The molecule has 0 saturated carbocycles. The van der Waals surface area contributed by atoms with Crippen molar-refractivity contribution < 1.29 is 9.53 Å². The number of nitrogens with zero attached hydrogens (tertiary/aromatic N) is 1. The highest BCUT2D eigenvalue weighted by molar-refractivity contribution is 5.83. The molecule has 1 N–H and O–H groups in total. The van der Waals surface area contributed by atoms with E-state index in [0.29, 0.717) is 6.54 Å². The molecule has 2 atom stereocenters. The summed E-state index contributed by atoms with van der Waals surface area (Å²) in [5.41, 5.74) is 2.24. The second-order valence-corrected chi connectivity index (χ2v) is 6.75. The maximum absolute atomic E-state index is 12.8. The summed E-state index contributed by atoms with van der Waals surface area (Å²) in [6.45, 7) is 2.69. The molecule has 0 radical (unpaired) electrons. The zero-order chi connectivity index (χ0) is 18.9. The Hall–Kier alpha value is -2.33. The molecule has 0 fully saturated rings. The first-order valence-corrected chi connectivity index (χ1v) is 9.19. The fourth-order valence-corrected chi connectivity index (χ4v) is 3.17. The van der Waals surface area contributed by atoms with Crippen molar-refractivity contribution in [3.63, 3.8) is 0 Å². The van der Waals surface area contributed by atoms with E-state index in [1.54, 1.807) is 7.11 Å². The summed E-state index contributed by atoms with van der Waals surface area (Å²) in [5, 5.41) is 3.16. The van der Waals surface area contributed by atoms with Crippen LogP contribution in [0.1, 0.15) is 42.9 Å². The van der Waals surface area contributed by atoms with Crippen LogP contribution in [0.5, 0.6) is 5.75 Å². The monoisotopic (exact) mass is 354 g/mol. The van der Waals surface area contributed by atoms with Gasteiger partial charge in [0.2, 0.25) is 5.91 Å². The Kier molecular flexibility index (Phi) is 7.67. The molecular formula is C22H30N2O2. The van der Waals surface area contributed by atoms with Crippen LogP contribution in [-0.2, 0) is 4.79 Å². The van der Waals surface area contributed by atoms with Gasteiger partial charge in [0.05, 0.1) is 19.1 Å². The van der Waals surface area contributed by atoms with Crippen molar-refractivity contribution in [1.29, 1.82) is 0 Å². The highest BCUT2D eigenvalue weighted by Gasteiger charge is 2.22. The van der Waals surface area contributed by atoms with E-state index >= 15 is 0 Å². The van der Waals surface area contributed by atoms with Crippen LogP contribution < -0.4 is 10.1 Å². The van der Waals surface area contributed by atoms with Crippen LogP contribution in [-0.4, -0.2) is 38.6 Å². The fraction of sp³-hybridized carbons (Fsp3) is 0.409. The molecule has 4 heteroatoms. The lowest BCUT2D eigenvalue weighted by Crippen LogP contribution is -2.37. The third-order valence-corrected chi connectivity index (χ3v) is 4.69. The molecule has 1 amide bonds. The van der Waals surface area contributed by atoms with Crippen molar-refractivity contribution in [2.45, 2.75) is 31.7 Å². The molecule has 0 bridgehead atoms. The van der Waals surface area contributed by atoms with Gasteiger partial charge in [-0.2, -0.15) is 0 Å². The van der Waals surface area contributed by atoms with Gasteiger partial charge < -0.3 is 15.0 Å². The fourth-order valence-electron chi connectivity index (χ4n) is 3.17. The van der Waals surface area contributed by atoms with Gasteiger partial charge in [0.15, 0.2) is 0 Å². The van der Waals surface area contributed by atoms with Crippen molar-refractivity contribution in [2.24, 2.45) is 0 Å². The summed E-state index contributed by atoms with van der Waals surface area (Å²) < 4.78 is 5.23. The van der Waals surface area contributed by atoms with Crippen LogP contribution in [0, 0.1) is 0 Å². The summed E-state index contributed by atoms with van der Waals surface area (Å²) in [6.07, 6.45) is 1.83. The number of nitrogens with one attached hydrogen (secondary N) is 1. The van der Waals surface area contributed by atoms with Crippen molar-refractivity contribution in [3.8, 4) is 5.75 Å². The van der Waals surface area contributed by atoms with Gasteiger partial charge in [0.25, 0.3) is 0 Å². The summed E-state index contributed by atoms with van der Waals surface area (Å²) in [6, 6.07) is 18.2. The van der Waals surface area contributed by atoms with Crippen molar-refractivity contribution >= 4 is 5.91 Å². The Morgan fingerprint density at radius 2 is 1.69 bits per heavy atom. The van der Waals surface area contributed by atoms with E-state index in [9.17, 15) is 4.79 Å². The number of benzene rings is 2. The first-order chi connectivity index (χ1) is 12.6. The summed E-state index contributed by atoms with van der Waals surface area (Å²) >= 11 is 0. The van der Waals surface area contributed by atoms with Crippen LogP contribution in [0.4, 0.5) is 0 Å². The van der Waals surface area contributed by atoms with E-state index in [-0.39, 0.29) is 17.9 Å². The molecule has 0 spiro atoms. The van der Waals surface area contributed by atoms with Crippen LogP contribution in [0.25, 0.3) is 0 Å². The number of hydrogen-bond acceptors (Lipinski definition) is 3. The zero-order valence-electron chi connectivity index (χ0n) is 16.2.